The lowest BCUT2D eigenvalue weighted by Gasteiger charge is -2.19. The second kappa shape index (κ2) is 6.49. The molecule has 0 aromatic heterocycles. The molecular formula is C9H17Cl2NO2. The van der Waals surface area contributed by atoms with E-state index in [1.165, 1.54) is 0 Å². The first-order valence-electron chi connectivity index (χ1n) is 4.73. The van der Waals surface area contributed by atoms with Gasteiger partial charge in [-0.15, -0.1) is 23.2 Å². The fraction of sp³-hybridized carbons (Fsp3) is 0.889. The summed E-state index contributed by atoms with van der Waals surface area (Å²) in [7, 11) is 0. The molecule has 0 radical (unpaired) electrons. The number of nitrogens with one attached hydrogen (secondary N) is 1. The standard InChI is InChI=1S/C9H17Cl2NO2/c1-3-4-9(10,11)5-6-12-7(2)8(13)14/h7,12H,3-6H2,1-2H3,(H,13,14)/t7-/m1/s1. The predicted octanol–water partition coefficient (Wildman–Crippen LogP) is 2.41. The van der Waals surface area contributed by atoms with Gasteiger partial charge in [0.2, 0.25) is 0 Å². The molecule has 0 unspecified atom stereocenters. The molecule has 84 valence electrons. The van der Waals surface area contributed by atoms with E-state index in [0.29, 0.717) is 13.0 Å². The van der Waals surface area contributed by atoms with Crippen LogP contribution in [-0.4, -0.2) is 28.0 Å². The Bertz CT molecular complexity index is 186. The smallest absolute Gasteiger partial charge is 0.320 e. The maximum Gasteiger partial charge on any atom is 0.320 e. The Morgan fingerprint density at radius 1 is 1.50 bits per heavy atom. The molecule has 0 bridgehead atoms. The van der Waals surface area contributed by atoms with Crippen molar-refractivity contribution in [2.75, 3.05) is 6.54 Å². The Morgan fingerprint density at radius 3 is 2.50 bits per heavy atom. The van der Waals surface area contributed by atoms with Crippen molar-refractivity contribution in [3.05, 3.63) is 0 Å². The molecule has 0 aromatic rings. The molecule has 0 aliphatic heterocycles. The van der Waals surface area contributed by atoms with Crippen LogP contribution in [0.4, 0.5) is 0 Å². The van der Waals surface area contributed by atoms with Crippen molar-refractivity contribution >= 4 is 29.2 Å². The van der Waals surface area contributed by atoms with Crippen LogP contribution in [0.3, 0.4) is 0 Å². The van der Waals surface area contributed by atoms with Crippen LogP contribution in [0.5, 0.6) is 0 Å². The summed E-state index contributed by atoms with van der Waals surface area (Å²) in [5.74, 6) is -0.866. The Balaban J connectivity index is 3.67. The monoisotopic (exact) mass is 241 g/mol. The van der Waals surface area contributed by atoms with Crippen molar-refractivity contribution in [3.63, 3.8) is 0 Å². The normalized spacial score (nSPS) is 14.0. The molecule has 14 heavy (non-hydrogen) atoms. The molecule has 2 N–H and O–H groups in total. The third-order valence-electron chi connectivity index (χ3n) is 1.93. The summed E-state index contributed by atoms with van der Waals surface area (Å²) in [4.78, 5) is 10.5. The van der Waals surface area contributed by atoms with E-state index in [9.17, 15) is 4.79 Å². The summed E-state index contributed by atoms with van der Waals surface area (Å²) in [5, 5.41) is 11.4. The summed E-state index contributed by atoms with van der Waals surface area (Å²) >= 11 is 12.0. The predicted molar refractivity (Wildman–Crippen MR) is 59.1 cm³/mol. The summed E-state index contributed by atoms with van der Waals surface area (Å²) in [6.07, 6.45) is 2.20. The van der Waals surface area contributed by atoms with Crippen LogP contribution in [0.1, 0.15) is 33.1 Å². The Morgan fingerprint density at radius 2 is 2.07 bits per heavy atom. The second-order valence-corrected chi connectivity index (χ2v) is 5.01. The number of aliphatic carboxylic acids is 1. The SMILES string of the molecule is CCCC(Cl)(Cl)CCN[C@H](C)C(=O)O. The number of hydrogen-bond donors (Lipinski definition) is 2. The first-order chi connectivity index (χ1) is 6.39. The first-order valence-corrected chi connectivity index (χ1v) is 5.48. The van der Waals surface area contributed by atoms with E-state index < -0.39 is 16.3 Å². The van der Waals surface area contributed by atoms with Crippen LogP contribution < -0.4 is 5.32 Å². The summed E-state index contributed by atoms with van der Waals surface area (Å²) in [6, 6.07) is -0.555. The molecular weight excluding hydrogens is 225 g/mol. The minimum Gasteiger partial charge on any atom is -0.480 e. The second-order valence-electron chi connectivity index (χ2n) is 3.37. The fourth-order valence-corrected chi connectivity index (χ4v) is 1.62. The molecule has 0 fully saturated rings. The zero-order valence-corrected chi connectivity index (χ0v) is 10.0. The van der Waals surface area contributed by atoms with Crippen LogP contribution in [-0.2, 0) is 4.79 Å². The maximum absolute atomic E-state index is 10.5. The topological polar surface area (TPSA) is 49.3 Å². The van der Waals surface area contributed by atoms with E-state index in [2.05, 4.69) is 5.32 Å². The molecule has 0 saturated carbocycles. The molecule has 0 amide bonds. The van der Waals surface area contributed by atoms with E-state index in [1.807, 2.05) is 6.92 Å². The fourth-order valence-electron chi connectivity index (χ4n) is 1.05. The van der Waals surface area contributed by atoms with Crippen molar-refractivity contribution in [2.45, 2.75) is 43.5 Å². The Labute approximate surface area is 94.8 Å². The number of carboxylic acid groups (broad SMARTS) is 1. The van der Waals surface area contributed by atoms with E-state index in [4.69, 9.17) is 28.3 Å². The van der Waals surface area contributed by atoms with Crippen LogP contribution >= 0.6 is 23.2 Å². The van der Waals surface area contributed by atoms with E-state index in [0.717, 1.165) is 12.8 Å². The Kier molecular flexibility index (Phi) is 6.49. The molecule has 0 aliphatic rings. The molecule has 0 aliphatic carbocycles. The van der Waals surface area contributed by atoms with Crippen molar-refractivity contribution in [3.8, 4) is 0 Å². The highest BCUT2D eigenvalue weighted by atomic mass is 35.5. The van der Waals surface area contributed by atoms with Gasteiger partial charge in [-0.3, -0.25) is 4.79 Å². The quantitative estimate of drug-likeness (QED) is 0.674. The number of hydrogen-bond acceptors (Lipinski definition) is 2. The number of carboxylic acids is 1. The molecule has 0 spiro atoms. The van der Waals surface area contributed by atoms with Crippen molar-refractivity contribution in [2.24, 2.45) is 0 Å². The Hall–Kier alpha value is 0.01000. The number of carbonyl (C=O) groups is 1. The third-order valence-corrected chi connectivity index (χ3v) is 2.68. The molecule has 0 aromatic carbocycles. The van der Waals surface area contributed by atoms with Crippen molar-refractivity contribution < 1.29 is 9.90 Å². The van der Waals surface area contributed by atoms with Crippen LogP contribution in [0.25, 0.3) is 0 Å². The molecule has 5 heteroatoms. The van der Waals surface area contributed by atoms with Crippen LogP contribution in [0, 0.1) is 0 Å². The minimum absolute atomic E-state index is 0.514. The highest BCUT2D eigenvalue weighted by molar-refractivity contribution is 6.48. The van der Waals surface area contributed by atoms with Gasteiger partial charge in [0.15, 0.2) is 0 Å². The molecule has 0 saturated heterocycles. The molecule has 3 nitrogen and oxygen atoms in total. The van der Waals surface area contributed by atoms with Gasteiger partial charge in [-0.1, -0.05) is 13.3 Å². The minimum atomic E-state index is -0.866. The van der Waals surface area contributed by atoms with Crippen molar-refractivity contribution in [1.82, 2.24) is 5.32 Å². The largest absolute Gasteiger partial charge is 0.480 e. The van der Waals surface area contributed by atoms with Gasteiger partial charge in [0, 0.05) is 0 Å². The lowest BCUT2D eigenvalue weighted by atomic mass is 10.2. The van der Waals surface area contributed by atoms with E-state index in [-0.39, 0.29) is 0 Å². The highest BCUT2D eigenvalue weighted by Crippen LogP contribution is 2.29. The zero-order valence-electron chi connectivity index (χ0n) is 8.52. The van der Waals surface area contributed by atoms with Gasteiger partial charge in [0.25, 0.3) is 0 Å². The summed E-state index contributed by atoms with van der Waals surface area (Å²) in [5.41, 5.74) is 0. The van der Waals surface area contributed by atoms with Crippen molar-refractivity contribution in [1.29, 1.82) is 0 Å². The zero-order chi connectivity index (χ0) is 11.2. The van der Waals surface area contributed by atoms with Gasteiger partial charge in [0.05, 0.1) is 0 Å². The lowest BCUT2D eigenvalue weighted by molar-refractivity contribution is -0.138. The molecule has 0 heterocycles. The summed E-state index contributed by atoms with van der Waals surface area (Å²) < 4.78 is -0.736. The van der Waals surface area contributed by atoms with Crippen LogP contribution in [0.2, 0.25) is 0 Å². The van der Waals surface area contributed by atoms with Gasteiger partial charge < -0.3 is 10.4 Å². The third kappa shape index (κ3) is 6.46. The number of alkyl halides is 2. The number of rotatable bonds is 7. The average Bonchev–Trinajstić information content (AvgIpc) is 2.03. The summed E-state index contributed by atoms with van der Waals surface area (Å²) in [6.45, 7) is 4.11. The molecule has 1 atom stereocenters. The molecule has 0 rings (SSSR count). The van der Waals surface area contributed by atoms with Gasteiger partial charge in [0.1, 0.15) is 10.4 Å². The van der Waals surface area contributed by atoms with Gasteiger partial charge in [-0.25, -0.2) is 0 Å². The number of halogens is 2. The maximum atomic E-state index is 10.5. The lowest BCUT2D eigenvalue weighted by Crippen LogP contribution is -2.36. The van der Waals surface area contributed by atoms with Gasteiger partial charge in [-0.05, 0) is 26.3 Å². The van der Waals surface area contributed by atoms with Gasteiger partial charge >= 0.3 is 5.97 Å². The first kappa shape index (κ1) is 14.0. The van der Waals surface area contributed by atoms with E-state index >= 15 is 0 Å². The average molecular weight is 242 g/mol. The van der Waals surface area contributed by atoms with E-state index in [1.54, 1.807) is 6.92 Å². The highest BCUT2D eigenvalue weighted by Gasteiger charge is 2.22. The van der Waals surface area contributed by atoms with Gasteiger partial charge in [-0.2, -0.15) is 0 Å². The van der Waals surface area contributed by atoms with Crippen LogP contribution in [0.15, 0.2) is 0 Å².